The monoisotopic (exact) mass is 312 g/mol. The predicted octanol–water partition coefficient (Wildman–Crippen LogP) is 4.42. The maximum absolute atomic E-state index is 10.9. The van der Waals surface area contributed by atoms with Gasteiger partial charge in [0.05, 0.1) is 11.7 Å². The molecule has 3 rings (SSSR count). The van der Waals surface area contributed by atoms with Crippen LogP contribution in [0.15, 0.2) is 16.3 Å². The minimum atomic E-state index is -0.833. The van der Waals surface area contributed by atoms with E-state index >= 15 is 0 Å². The van der Waals surface area contributed by atoms with E-state index in [1.807, 2.05) is 5.38 Å². The molecule has 110 valence electrons. The van der Waals surface area contributed by atoms with E-state index in [9.17, 15) is 4.79 Å². The standard InChI is InChI=1S/C15H20O3S2/c16-14(17)13-8-12(10-20-13)19-9-11-4-7-15(18-11)5-2-1-3-6-15/h8,10-11H,1-7,9H2,(H,16,17). The van der Waals surface area contributed by atoms with Gasteiger partial charge < -0.3 is 9.84 Å². The number of carbonyl (C=O) groups is 1. The predicted molar refractivity (Wildman–Crippen MR) is 81.9 cm³/mol. The largest absolute Gasteiger partial charge is 0.477 e. The van der Waals surface area contributed by atoms with Crippen LogP contribution in [0.2, 0.25) is 0 Å². The third-order valence-electron chi connectivity index (χ3n) is 4.33. The molecule has 1 aliphatic heterocycles. The number of thioether (sulfide) groups is 1. The molecule has 1 spiro atoms. The molecular weight excluding hydrogens is 292 g/mol. The van der Waals surface area contributed by atoms with Crippen LogP contribution >= 0.6 is 23.1 Å². The second kappa shape index (κ2) is 6.08. The van der Waals surface area contributed by atoms with Crippen molar-refractivity contribution in [3.63, 3.8) is 0 Å². The summed E-state index contributed by atoms with van der Waals surface area (Å²) in [6, 6.07) is 1.77. The molecule has 0 radical (unpaired) electrons. The average molecular weight is 312 g/mol. The first kappa shape index (κ1) is 14.4. The van der Waals surface area contributed by atoms with Gasteiger partial charge in [0.25, 0.3) is 0 Å². The van der Waals surface area contributed by atoms with E-state index < -0.39 is 5.97 Å². The van der Waals surface area contributed by atoms with Crippen molar-refractivity contribution in [3.05, 3.63) is 16.3 Å². The molecule has 1 unspecified atom stereocenters. The number of carboxylic acids is 1. The van der Waals surface area contributed by atoms with E-state index in [1.165, 1.54) is 49.9 Å². The van der Waals surface area contributed by atoms with Crippen LogP contribution in [0.3, 0.4) is 0 Å². The molecule has 2 heterocycles. The fraction of sp³-hybridized carbons (Fsp3) is 0.667. The van der Waals surface area contributed by atoms with E-state index in [0.717, 1.165) is 17.1 Å². The van der Waals surface area contributed by atoms with Gasteiger partial charge in [-0.05, 0) is 31.7 Å². The zero-order valence-electron chi connectivity index (χ0n) is 11.5. The Morgan fingerprint density at radius 2 is 2.20 bits per heavy atom. The smallest absolute Gasteiger partial charge is 0.345 e. The summed E-state index contributed by atoms with van der Waals surface area (Å²) in [6.45, 7) is 0. The quantitative estimate of drug-likeness (QED) is 0.836. The molecule has 3 nitrogen and oxygen atoms in total. The number of thiophene rings is 1. The molecule has 1 saturated heterocycles. The topological polar surface area (TPSA) is 46.5 Å². The summed E-state index contributed by atoms with van der Waals surface area (Å²) in [7, 11) is 0. The molecule has 5 heteroatoms. The van der Waals surface area contributed by atoms with Crippen molar-refractivity contribution in [3.8, 4) is 0 Å². The lowest BCUT2D eigenvalue weighted by Crippen LogP contribution is -2.32. The first-order chi connectivity index (χ1) is 9.67. The summed E-state index contributed by atoms with van der Waals surface area (Å²) in [5, 5.41) is 10.9. The van der Waals surface area contributed by atoms with Crippen molar-refractivity contribution in [1.82, 2.24) is 0 Å². The van der Waals surface area contributed by atoms with Crippen molar-refractivity contribution < 1.29 is 14.6 Å². The molecule has 0 aromatic carbocycles. The van der Waals surface area contributed by atoms with Gasteiger partial charge in [0, 0.05) is 16.0 Å². The molecule has 2 fully saturated rings. The average Bonchev–Trinajstić information content (AvgIpc) is 3.05. The second-order valence-electron chi connectivity index (χ2n) is 5.79. The SMILES string of the molecule is O=C(O)c1cc(SCC2CCC3(CCCCC3)O2)cs1. The summed E-state index contributed by atoms with van der Waals surface area (Å²) in [5.41, 5.74) is 0.185. The van der Waals surface area contributed by atoms with Gasteiger partial charge in [-0.2, -0.15) is 0 Å². The van der Waals surface area contributed by atoms with Gasteiger partial charge >= 0.3 is 5.97 Å². The van der Waals surface area contributed by atoms with E-state index in [2.05, 4.69) is 0 Å². The maximum atomic E-state index is 10.9. The number of rotatable bonds is 4. The van der Waals surface area contributed by atoms with Gasteiger partial charge in [-0.15, -0.1) is 23.1 Å². The fourth-order valence-electron chi connectivity index (χ4n) is 3.27. The van der Waals surface area contributed by atoms with Crippen molar-refractivity contribution in [2.45, 2.75) is 61.5 Å². The van der Waals surface area contributed by atoms with E-state index in [-0.39, 0.29) is 5.60 Å². The molecule has 1 aromatic rings. The van der Waals surface area contributed by atoms with Crippen LogP contribution in [-0.4, -0.2) is 28.5 Å². The van der Waals surface area contributed by atoms with Gasteiger partial charge in [0.1, 0.15) is 4.88 Å². The molecule has 2 aliphatic rings. The highest BCUT2D eigenvalue weighted by Crippen LogP contribution is 2.43. The Bertz CT molecular complexity index is 477. The van der Waals surface area contributed by atoms with E-state index in [1.54, 1.807) is 17.8 Å². The minimum Gasteiger partial charge on any atom is -0.477 e. The molecule has 0 bridgehead atoms. The minimum absolute atomic E-state index is 0.185. The van der Waals surface area contributed by atoms with Gasteiger partial charge in [-0.25, -0.2) is 4.79 Å². The molecule has 1 saturated carbocycles. The molecule has 20 heavy (non-hydrogen) atoms. The lowest BCUT2D eigenvalue weighted by Gasteiger charge is -2.33. The Balaban J connectivity index is 1.50. The summed E-state index contributed by atoms with van der Waals surface area (Å²) in [6.07, 6.45) is 9.15. The van der Waals surface area contributed by atoms with Gasteiger partial charge in [-0.3, -0.25) is 0 Å². The zero-order chi connectivity index (χ0) is 14.0. The summed E-state index contributed by atoms with van der Waals surface area (Å²) in [5.74, 6) is 0.109. The van der Waals surface area contributed by atoms with Crippen LogP contribution in [0, 0.1) is 0 Å². The third kappa shape index (κ3) is 3.21. The lowest BCUT2D eigenvalue weighted by molar-refractivity contribution is -0.0555. The summed E-state index contributed by atoms with van der Waals surface area (Å²) in [4.78, 5) is 12.3. The Morgan fingerprint density at radius 1 is 1.40 bits per heavy atom. The maximum Gasteiger partial charge on any atom is 0.345 e. The Morgan fingerprint density at radius 3 is 2.90 bits per heavy atom. The highest BCUT2D eigenvalue weighted by molar-refractivity contribution is 7.99. The van der Waals surface area contributed by atoms with Crippen molar-refractivity contribution in [2.24, 2.45) is 0 Å². The Kier molecular flexibility index (Phi) is 4.38. The molecule has 0 amide bonds. The van der Waals surface area contributed by atoms with Gasteiger partial charge in [0.2, 0.25) is 0 Å². The third-order valence-corrected chi connectivity index (χ3v) is 6.50. The first-order valence-corrected chi connectivity index (χ1v) is 9.16. The second-order valence-corrected chi connectivity index (χ2v) is 7.79. The molecule has 1 atom stereocenters. The van der Waals surface area contributed by atoms with Crippen LogP contribution in [0.5, 0.6) is 0 Å². The summed E-state index contributed by atoms with van der Waals surface area (Å²) >= 11 is 3.03. The van der Waals surface area contributed by atoms with Crippen molar-refractivity contribution >= 4 is 29.1 Å². The number of hydrogen-bond acceptors (Lipinski definition) is 4. The van der Waals surface area contributed by atoms with Crippen molar-refractivity contribution in [1.29, 1.82) is 0 Å². The fourth-order valence-corrected chi connectivity index (χ4v) is 5.18. The Hall–Kier alpha value is -0.520. The van der Waals surface area contributed by atoms with Crippen LogP contribution in [-0.2, 0) is 4.74 Å². The van der Waals surface area contributed by atoms with Crippen LogP contribution in [0.25, 0.3) is 0 Å². The van der Waals surface area contributed by atoms with Crippen LogP contribution in [0.4, 0.5) is 0 Å². The highest BCUT2D eigenvalue weighted by atomic mass is 32.2. The van der Waals surface area contributed by atoms with Crippen LogP contribution in [0.1, 0.15) is 54.6 Å². The summed E-state index contributed by atoms with van der Waals surface area (Å²) < 4.78 is 6.33. The molecular formula is C15H20O3S2. The zero-order valence-corrected chi connectivity index (χ0v) is 13.1. The number of hydrogen-bond donors (Lipinski definition) is 1. The van der Waals surface area contributed by atoms with Crippen LogP contribution < -0.4 is 0 Å². The van der Waals surface area contributed by atoms with E-state index in [4.69, 9.17) is 9.84 Å². The van der Waals surface area contributed by atoms with Crippen molar-refractivity contribution in [2.75, 3.05) is 5.75 Å². The highest BCUT2D eigenvalue weighted by Gasteiger charge is 2.40. The first-order valence-electron chi connectivity index (χ1n) is 7.29. The molecule has 1 aliphatic carbocycles. The lowest BCUT2D eigenvalue weighted by atomic mass is 9.83. The Labute approximate surface area is 127 Å². The number of ether oxygens (including phenoxy) is 1. The molecule has 1 aromatic heterocycles. The van der Waals surface area contributed by atoms with E-state index in [0.29, 0.717) is 11.0 Å². The van der Waals surface area contributed by atoms with Gasteiger partial charge in [0.15, 0.2) is 0 Å². The normalized spacial score (nSPS) is 25.1. The molecule has 1 N–H and O–H groups in total. The number of carboxylic acid groups (broad SMARTS) is 1. The number of aromatic carboxylic acids is 1. The van der Waals surface area contributed by atoms with Gasteiger partial charge in [-0.1, -0.05) is 19.3 Å².